The fraction of sp³-hybridized carbons (Fsp3) is 0.682. The van der Waals surface area contributed by atoms with E-state index in [0.29, 0.717) is 18.6 Å². The summed E-state index contributed by atoms with van der Waals surface area (Å²) in [5.41, 5.74) is 1.09. The fourth-order valence-electron chi connectivity index (χ4n) is 3.53. The SMILES string of the molecule is COc1cc(CC2C(=O)CCCC2(C)C)c(O[Si](C)(C)C(C)(C)C)cc1Br. The Morgan fingerprint density at radius 1 is 1.22 bits per heavy atom. The number of Topliss-reactive ketones (excluding diaryl/α,β-unsaturated/α-hetero) is 1. The van der Waals surface area contributed by atoms with Gasteiger partial charge in [0.2, 0.25) is 8.32 Å². The monoisotopic (exact) mass is 454 g/mol. The molecule has 0 aliphatic heterocycles. The molecule has 0 radical (unpaired) electrons. The molecule has 0 heterocycles. The van der Waals surface area contributed by atoms with Gasteiger partial charge in [-0.1, -0.05) is 34.6 Å². The van der Waals surface area contributed by atoms with Crippen LogP contribution in [0.15, 0.2) is 16.6 Å². The van der Waals surface area contributed by atoms with Crippen LogP contribution in [0.3, 0.4) is 0 Å². The van der Waals surface area contributed by atoms with Crippen LogP contribution in [0, 0.1) is 11.3 Å². The Kier molecular flexibility index (Phi) is 6.58. The molecule has 3 nitrogen and oxygen atoms in total. The maximum atomic E-state index is 12.7. The molecule has 1 saturated carbocycles. The third kappa shape index (κ3) is 4.97. The van der Waals surface area contributed by atoms with Crippen LogP contribution in [0.4, 0.5) is 0 Å². The predicted molar refractivity (Wildman–Crippen MR) is 118 cm³/mol. The summed E-state index contributed by atoms with van der Waals surface area (Å²) in [5.74, 6) is 2.09. The molecule has 5 heteroatoms. The second-order valence-corrected chi connectivity index (χ2v) is 15.6. The molecule has 1 aromatic rings. The summed E-state index contributed by atoms with van der Waals surface area (Å²) in [6.45, 7) is 15.7. The molecule has 1 aliphatic rings. The minimum atomic E-state index is -1.99. The number of rotatable bonds is 5. The molecule has 0 N–H and O–H groups in total. The topological polar surface area (TPSA) is 35.5 Å². The van der Waals surface area contributed by atoms with Crippen molar-refractivity contribution in [2.24, 2.45) is 11.3 Å². The molecule has 1 unspecified atom stereocenters. The Hall–Kier alpha value is -0.813. The van der Waals surface area contributed by atoms with Crippen molar-refractivity contribution in [1.29, 1.82) is 0 Å². The van der Waals surface area contributed by atoms with E-state index in [0.717, 1.165) is 34.4 Å². The Bertz CT molecular complexity index is 704. The molecular weight excluding hydrogens is 420 g/mol. The van der Waals surface area contributed by atoms with Crippen LogP contribution in [0.5, 0.6) is 11.5 Å². The number of halogens is 1. The zero-order chi connectivity index (χ0) is 20.6. The van der Waals surface area contributed by atoms with Gasteiger partial charge >= 0.3 is 0 Å². The highest BCUT2D eigenvalue weighted by molar-refractivity contribution is 9.10. The number of hydrogen-bond donors (Lipinski definition) is 0. The quantitative estimate of drug-likeness (QED) is 0.459. The maximum Gasteiger partial charge on any atom is 0.250 e. The number of carbonyl (C=O) groups excluding carboxylic acids is 1. The summed E-state index contributed by atoms with van der Waals surface area (Å²) >= 11 is 3.60. The lowest BCUT2D eigenvalue weighted by atomic mass is 9.66. The van der Waals surface area contributed by atoms with Crippen molar-refractivity contribution >= 4 is 30.0 Å². The third-order valence-electron chi connectivity index (χ3n) is 6.51. The van der Waals surface area contributed by atoms with Gasteiger partial charge in [-0.3, -0.25) is 4.79 Å². The largest absolute Gasteiger partial charge is 0.543 e. The first-order valence-electron chi connectivity index (χ1n) is 9.86. The Morgan fingerprint density at radius 3 is 2.37 bits per heavy atom. The fourth-order valence-corrected chi connectivity index (χ4v) is 5.06. The Labute approximate surface area is 174 Å². The van der Waals surface area contributed by atoms with Crippen molar-refractivity contribution in [2.45, 2.75) is 78.4 Å². The number of carbonyl (C=O) groups is 1. The molecule has 152 valence electrons. The van der Waals surface area contributed by atoms with E-state index >= 15 is 0 Å². The molecule has 1 fully saturated rings. The lowest BCUT2D eigenvalue weighted by molar-refractivity contribution is -0.129. The first-order valence-corrected chi connectivity index (χ1v) is 13.6. The number of benzene rings is 1. The van der Waals surface area contributed by atoms with E-state index in [1.165, 1.54) is 0 Å². The Morgan fingerprint density at radius 2 is 1.85 bits per heavy atom. The Balaban J connectivity index is 2.46. The molecule has 2 rings (SSSR count). The summed E-state index contributed by atoms with van der Waals surface area (Å²) in [7, 11) is -0.318. The summed E-state index contributed by atoms with van der Waals surface area (Å²) in [6.07, 6.45) is 3.49. The van der Waals surface area contributed by atoms with Gasteiger partial charge in [-0.25, -0.2) is 0 Å². The molecule has 0 aromatic heterocycles. The van der Waals surface area contributed by atoms with Crippen molar-refractivity contribution in [3.05, 3.63) is 22.2 Å². The molecule has 27 heavy (non-hydrogen) atoms. The third-order valence-corrected chi connectivity index (χ3v) is 11.5. The van der Waals surface area contributed by atoms with E-state index in [-0.39, 0.29) is 16.4 Å². The smallest absolute Gasteiger partial charge is 0.250 e. The first kappa shape index (κ1) is 22.5. The predicted octanol–water partition coefficient (Wildman–Crippen LogP) is 6.78. The van der Waals surface area contributed by atoms with E-state index in [1.54, 1.807) is 7.11 Å². The van der Waals surface area contributed by atoms with E-state index in [4.69, 9.17) is 9.16 Å². The molecule has 1 aromatic carbocycles. The van der Waals surface area contributed by atoms with Gasteiger partial charge in [0, 0.05) is 12.3 Å². The molecule has 0 spiro atoms. The van der Waals surface area contributed by atoms with Crippen molar-refractivity contribution < 1.29 is 14.0 Å². The zero-order valence-corrected chi connectivity index (χ0v) is 20.7. The van der Waals surface area contributed by atoms with E-state index < -0.39 is 8.32 Å². The summed E-state index contributed by atoms with van der Waals surface area (Å²) in [5, 5.41) is 0.108. The molecule has 0 saturated heterocycles. The van der Waals surface area contributed by atoms with E-state index in [9.17, 15) is 4.79 Å². The molecule has 1 aliphatic carbocycles. The van der Waals surface area contributed by atoms with Crippen molar-refractivity contribution in [3.8, 4) is 11.5 Å². The number of ether oxygens (including phenoxy) is 1. The van der Waals surface area contributed by atoms with Crippen LogP contribution in [0.25, 0.3) is 0 Å². The van der Waals surface area contributed by atoms with Gasteiger partial charge in [0.1, 0.15) is 17.3 Å². The van der Waals surface area contributed by atoms with Gasteiger partial charge in [-0.05, 0) is 76.4 Å². The van der Waals surface area contributed by atoms with Crippen LogP contribution in [-0.2, 0) is 11.2 Å². The average molecular weight is 456 g/mol. The normalized spacial score (nSPS) is 20.5. The highest BCUT2D eigenvalue weighted by Crippen LogP contribution is 2.45. The van der Waals surface area contributed by atoms with Gasteiger partial charge in [-0.15, -0.1) is 0 Å². The molecule has 0 amide bonds. The van der Waals surface area contributed by atoms with Crippen LogP contribution in [0.2, 0.25) is 18.1 Å². The second-order valence-electron chi connectivity index (χ2n) is 10.0. The van der Waals surface area contributed by atoms with E-state index in [2.05, 4.69) is 63.6 Å². The minimum absolute atomic E-state index is 0.0177. The summed E-state index contributed by atoms with van der Waals surface area (Å²) in [6, 6.07) is 4.07. The average Bonchev–Trinajstić information content (AvgIpc) is 2.51. The number of ketones is 1. The second kappa shape index (κ2) is 7.90. The highest BCUT2D eigenvalue weighted by atomic mass is 79.9. The lowest BCUT2D eigenvalue weighted by Gasteiger charge is -2.39. The zero-order valence-electron chi connectivity index (χ0n) is 18.2. The molecule has 0 bridgehead atoms. The van der Waals surface area contributed by atoms with E-state index in [1.807, 2.05) is 12.1 Å². The van der Waals surface area contributed by atoms with Gasteiger partial charge in [0.25, 0.3) is 0 Å². The maximum absolute atomic E-state index is 12.7. The van der Waals surface area contributed by atoms with Gasteiger partial charge in [-0.2, -0.15) is 0 Å². The van der Waals surface area contributed by atoms with Crippen LogP contribution in [-0.4, -0.2) is 21.2 Å². The van der Waals surface area contributed by atoms with Crippen molar-refractivity contribution in [2.75, 3.05) is 7.11 Å². The van der Waals surface area contributed by atoms with Crippen molar-refractivity contribution in [1.82, 2.24) is 0 Å². The minimum Gasteiger partial charge on any atom is -0.543 e. The number of methoxy groups -OCH3 is 1. The molecular formula is C22H35BrO3Si. The van der Waals surface area contributed by atoms with Crippen molar-refractivity contribution in [3.63, 3.8) is 0 Å². The highest BCUT2D eigenvalue weighted by Gasteiger charge is 2.41. The van der Waals surface area contributed by atoms with Gasteiger partial charge < -0.3 is 9.16 Å². The lowest BCUT2D eigenvalue weighted by Crippen LogP contribution is -2.44. The number of hydrogen-bond acceptors (Lipinski definition) is 3. The standard InChI is InChI=1S/C22H35BrO3Si/c1-21(2,3)27(7,8)26-19-14-17(23)20(25-6)13-15(19)12-16-18(24)10-9-11-22(16,4)5/h13-14,16H,9-12H2,1-8H3. The van der Waals surface area contributed by atoms with Gasteiger partial charge in [0.15, 0.2) is 0 Å². The molecule has 1 atom stereocenters. The van der Waals surface area contributed by atoms with Crippen LogP contribution in [0.1, 0.15) is 59.4 Å². The van der Waals surface area contributed by atoms with Gasteiger partial charge in [0.05, 0.1) is 11.6 Å². The summed E-state index contributed by atoms with van der Waals surface area (Å²) < 4.78 is 13.1. The summed E-state index contributed by atoms with van der Waals surface area (Å²) in [4.78, 5) is 12.7. The van der Waals surface area contributed by atoms with Crippen LogP contribution < -0.4 is 9.16 Å². The first-order chi connectivity index (χ1) is 12.3. The van der Waals surface area contributed by atoms with Crippen LogP contribution >= 0.6 is 15.9 Å².